The second-order valence-electron chi connectivity index (χ2n) is 8.11. The van der Waals surface area contributed by atoms with Gasteiger partial charge in [-0.05, 0) is 26.2 Å². The van der Waals surface area contributed by atoms with Crippen molar-refractivity contribution in [2.24, 2.45) is 5.92 Å². The number of carbonyl (C=O) groups excluding carboxylic acids is 2. The highest BCUT2D eigenvalue weighted by Crippen LogP contribution is 2.22. The summed E-state index contributed by atoms with van der Waals surface area (Å²) in [5.74, 6) is -0.770. The van der Waals surface area contributed by atoms with E-state index < -0.39 is 17.2 Å². The summed E-state index contributed by atoms with van der Waals surface area (Å²) < 4.78 is 1.28. The number of carbonyl (C=O) groups is 2. The van der Waals surface area contributed by atoms with Gasteiger partial charge in [-0.3, -0.25) is 23.9 Å². The summed E-state index contributed by atoms with van der Waals surface area (Å²) in [7, 11) is 0. The van der Waals surface area contributed by atoms with Crippen LogP contribution in [0, 0.1) is 19.8 Å². The van der Waals surface area contributed by atoms with Crippen LogP contribution < -0.4 is 27.2 Å². The Balaban J connectivity index is 2.24. The number of amides is 2. The SMILES string of the molecule is CCCCn1c(N)c(N(CC(C)C)C(=O)CCC(=O)Nc2nc(C)c(C)s2)c(=O)[nH]c1=O. The molecule has 176 valence electrons. The number of nitrogens with two attached hydrogens (primary N) is 1. The van der Waals surface area contributed by atoms with E-state index in [1.165, 1.54) is 20.8 Å². The maximum absolute atomic E-state index is 13.0. The van der Waals surface area contributed by atoms with Crippen molar-refractivity contribution in [1.82, 2.24) is 14.5 Å². The van der Waals surface area contributed by atoms with E-state index in [9.17, 15) is 19.2 Å². The van der Waals surface area contributed by atoms with E-state index in [1.54, 1.807) is 0 Å². The third kappa shape index (κ3) is 6.28. The first-order valence-corrected chi connectivity index (χ1v) is 11.5. The van der Waals surface area contributed by atoms with Gasteiger partial charge < -0.3 is 16.0 Å². The molecule has 4 N–H and O–H groups in total. The number of hydrogen-bond donors (Lipinski definition) is 3. The quantitative estimate of drug-likeness (QED) is 0.493. The molecule has 0 aliphatic carbocycles. The molecule has 10 nitrogen and oxygen atoms in total. The van der Waals surface area contributed by atoms with Crippen LogP contribution in [0.4, 0.5) is 16.6 Å². The Hall–Kier alpha value is -2.95. The highest BCUT2D eigenvalue weighted by molar-refractivity contribution is 7.15. The van der Waals surface area contributed by atoms with Crippen molar-refractivity contribution in [2.75, 3.05) is 22.5 Å². The average Bonchev–Trinajstić information content (AvgIpc) is 3.01. The van der Waals surface area contributed by atoms with E-state index in [1.807, 2.05) is 34.6 Å². The van der Waals surface area contributed by atoms with Gasteiger partial charge in [-0.2, -0.15) is 0 Å². The molecule has 0 bridgehead atoms. The molecule has 0 spiro atoms. The molecule has 11 heteroatoms. The van der Waals surface area contributed by atoms with Crippen LogP contribution in [0.1, 0.15) is 57.0 Å². The Morgan fingerprint density at radius 1 is 1.25 bits per heavy atom. The smallest absolute Gasteiger partial charge is 0.330 e. The molecular weight excluding hydrogens is 432 g/mol. The lowest BCUT2D eigenvalue weighted by molar-refractivity contribution is -0.122. The number of nitrogens with zero attached hydrogens (tertiary/aromatic N) is 3. The van der Waals surface area contributed by atoms with E-state index in [0.29, 0.717) is 18.1 Å². The number of thiazole rings is 1. The lowest BCUT2D eigenvalue weighted by Gasteiger charge is -2.26. The lowest BCUT2D eigenvalue weighted by atomic mass is 10.1. The molecule has 2 aromatic heterocycles. The van der Waals surface area contributed by atoms with Crippen LogP contribution in [-0.4, -0.2) is 32.9 Å². The molecule has 0 saturated carbocycles. The van der Waals surface area contributed by atoms with Crippen LogP contribution in [0.25, 0.3) is 0 Å². The third-order valence-corrected chi connectivity index (χ3v) is 5.90. The van der Waals surface area contributed by atoms with Crippen LogP contribution in [0.2, 0.25) is 0 Å². The fourth-order valence-corrected chi connectivity index (χ4v) is 3.95. The van der Waals surface area contributed by atoms with Crippen LogP contribution >= 0.6 is 11.3 Å². The summed E-state index contributed by atoms with van der Waals surface area (Å²) in [5, 5.41) is 3.19. The monoisotopic (exact) mass is 464 g/mol. The lowest BCUT2D eigenvalue weighted by Crippen LogP contribution is -2.42. The van der Waals surface area contributed by atoms with Gasteiger partial charge >= 0.3 is 5.69 Å². The van der Waals surface area contributed by atoms with Crippen molar-refractivity contribution < 1.29 is 9.59 Å². The fraction of sp³-hybridized carbons (Fsp3) is 0.571. The number of hydrogen-bond acceptors (Lipinski definition) is 7. The van der Waals surface area contributed by atoms with E-state index in [4.69, 9.17) is 5.73 Å². The minimum Gasteiger partial charge on any atom is -0.383 e. The Morgan fingerprint density at radius 3 is 2.50 bits per heavy atom. The molecule has 2 aromatic rings. The van der Waals surface area contributed by atoms with Gasteiger partial charge in [0.05, 0.1) is 5.69 Å². The zero-order valence-corrected chi connectivity index (χ0v) is 20.1. The zero-order chi connectivity index (χ0) is 24.0. The number of nitrogens with one attached hydrogen (secondary N) is 2. The van der Waals surface area contributed by atoms with Crippen molar-refractivity contribution >= 4 is 39.8 Å². The van der Waals surface area contributed by atoms with Crippen LogP contribution in [0.3, 0.4) is 0 Å². The molecule has 0 aliphatic heterocycles. The van der Waals surface area contributed by atoms with Gasteiger partial charge in [0.1, 0.15) is 5.82 Å². The van der Waals surface area contributed by atoms with E-state index in [2.05, 4.69) is 15.3 Å². The summed E-state index contributed by atoms with van der Waals surface area (Å²) in [6.45, 7) is 10.1. The number of aromatic amines is 1. The van der Waals surface area contributed by atoms with Crippen molar-refractivity contribution in [1.29, 1.82) is 0 Å². The summed E-state index contributed by atoms with van der Waals surface area (Å²) >= 11 is 1.37. The van der Waals surface area contributed by atoms with Gasteiger partial charge in [0.25, 0.3) is 5.56 Å². The minimum atomic E-state index is -0.715. The maximum atomic E-state index is 13.0. The normalized spacial score (nSPS) is 11.1. The molecule has 0 atom stereocenters. The Kier molecular flexibility index (Phi) is 8.76. The Labute approximate surface area is 190 Å². The molecule has 0 fully saturated rings. The van der Waals surface area contributed by atoms with Crippen LogP contribution in [0.5, 0.6) is 0 Å². The Morgan fingerprint density at radius 2 is 1.94 bits per heavy atom. The number of H-pyrrole nitrogens is 1. The fourth-order valence-electron chi connectivity index (χ4n) is 3.12. The largest absolute Gasteiger partial charge is 0.383 e. The third-order valence-electron chi connectivity index (χ3n) is 4.91. The first-order valence-electron chi connectivity index (χ1n) is 10.7. The highest BCUT2D eigenvalue weighted by Gasteiger charge is 2.25. The second kappa shape index (κ2) is 11.1. The predicted octanol–water partition coefficient (Wildman–Crippen LogP) is 2.40. The predicted molar refractivity (Wildman–Crippen MR) is 127 cm³/mol. The second-order valence-corrected chi connectivity index (χ2v) is 9.31. The number of nitrogen functional groups attached to an aromatic ring is 1. The topological polar surface area (TPSA) is 143 Å². The number of unbranched alkanes of at least 4 members (excludes halogenated alkanes) is 1. The van der Waals surface area contributed by atoms with E-state index in [-0.39, 0.29) is 42.7 Å². The number of aryl methyl sites for hydroxylation is 2. The molecule has 0 aromatic carbocycles. The average molecular weight is 465 g/mol. The highest BCUT2D eigenvalue weighted by atomic mass is 32.1. The zero-order valence-electron chi connectivity index (χ0n) is 19.3. The molecule has 0 unspecified atom stereocenters. The molecular formula is C21H32N6O4S. The van der Waals surface area contributed by atoms with E-state index >= 15 is 0 Å². The molecule has 32 heavy (non-hydrogen) atoms. The van der Waals surface area contributed by atoms with Gasteiger partial charge in [0.15, 0.2) is 10.8 Å². The molecule has 2 amide bonds. The van der Waals surface area contributed by atoms with Gasteiger partial charge in [-0.25, -0.2) is 9.78 Å². The first-order chi connectivity index (χ1) is 15.0. The van der Waals surface area contributed by atoms with Crippen LogP contribution in [0.15, 0.2) is 9.59 Å². The minimum absolute atomic E-state index is 0.0314. The summed E-state index contributed by atoms with van der Waals surface area (Å²) in [4.78, 5) is 59.0. The number of aromatic nitrogens is 3. The molecule has 2 rings (SSSR count). The van der Waals surface area contributed by atoms with Gasteiger partial charge in [-0.15, -0.1) is 11.3 Å². The molecule has 0 aliphatic rings. The van der Waals surface area contributed by atoms with Crippen LogP contribution in [-0.2, 0) is 16.1 Å². The van der Waals surface area contributed by atoms with Crippen molar-refractivity contribution in [3.8, 4) is 0 Å². The standard InChI is InChI=1S/C21H32N6O4S/c1-6-7-10-26-18(22)17(19(30)25-21(26)31)27(11-12(2)3)16(29)9-8-15(28)24-20-23-13(4)14(5)32-20/h12H,6-11,22H2,1-5H3,(H,23,24,28)(H,25,30,31). The summed E-state index contributed by atoms with van der Waals surface area (Å²) in [5.41, 5.74) is 5.66. The summed E-state index contributed by atoms with van der Waals surface area (Å²) in [6.07, 6.45) is 1.35. The molecule has 0 radical (unpaired) electrons. The number of rotatable bonds is 10. The maximum Gasteiger partial charge on any atom is 0.330 e. The molecule has 2 heterocycles. The number of anilines is 3. The van der Waals surface area contributed by atoms with Crippen molar-refractivity contribution in [2.45, 2.75) is 66.8 Å². The Bertz CT molecular complexity index is 1070. The summed E-state index contributed by atoms with van der Waals surface area (Å²) in [6, 6.07) is 0. The molecule has 0 saturated heterocycles. The van der Waals surface area contributed by atoms with Gasteiger partial charge in [0.2, 0.25) is 11.8 Å². The van der Waals surface area contributed by atoms with E-state index in [0.717, 1.165) is 17.0 Å². The van der Waals surface area contributed by atoms with Gasteiger partial charge in [-0.1, -0.05) is 27.2 Å². The van der Waals surface area contributed by atoms with Gasteiger partial charge in [0, 0.05) is 30.8 Å². The van der Waals surface area contributed by atoms with Crippen molar-refractivity contribution in [3.63, 3.8) is 0 Å². The first kappa shape index (κ1) is 25.3. The van der Waals surface area contributed by atoms with Crippen molar-refractivity contribution in [3.05, 3.63) is 31.4 Å².